The van der Waals surface area contributed by atoms with E-state index in [1.807, 2.05) is 0 Å². The largest absolute Gasteiger partial charge is 0.430 e. The van der Waals surface area contributed by atoms with E-state index in [2.05, 4.69) is 5.32 Å². The van der Waals surface area contributed by atoms with Gasteiger partial charge in [0.1, 0.15) is 0 Å². The average Bonchev–Trinajstić information content (AvgIpc) is 2.34. The molecule has 116 valence electrons. The van der Waals surface area contributed by atoms with Crippen LogP contribution in [0.2, 0.25) is 0 Å². The third-order valence-corrected chi connectivity index (χ3v) is 3.91. The first kappa shape index (κ1) is 16.0. The third kappa shape index (κ3) is 2.57. The van der Waals surface area contributed by atoms with Crippen LogP contribution in [0.15, 0.2) is 23.1 Å². The van der Waals surface area contributed by atoms with E-state index < -0.39 is 29.4 Å². The van der Waals surface area contributed by atoms with Gasteiger partial charge in [0.15, 0.2) is 0 Å². The van der Waals surface area contributed by atoms with Crippen molar-refractivity contribution in [3.8, 4) is 0 Å². The van der Waals surface area contributed by atoms with Crippen molar-refractivity contribution in [3.05, 3.63) is 23.8 Å². The summed E-state index contributed by atoms with van der Waals surface area (Å²) in [6, 6.07) is 1.98. The van der Waals surface area contributed by atoms with Crippen molar-refractivity contribution in [1.29, 1.82) is 0 Å². The molecule has 1 amide bonds. The second-order valence-electron chi connectivity index (χ2n) is 4.25. The van der Waals surface area contributed by atoms with Crippen molar-refractivity contribution < 1.29 is 36.2 Å². The van der Waals surface area contributed by atoms with Gasteiger partial charge in [-0.25, -0.2) is 0 Å². The molecule has 10 heteroatoms. The van der Waals surface area contributed by atoms with Gasteiger partial charge in [-0.05, 0) is 12.1 Å². The Kier molecular flexibility index (Phi) is 3.65. The van der Waals surface area contributed by atoms with Gasteiger partial charge in [0, 0.05) is 10.5 Å². The molecule has 1 heterocycles. The van der Waals surface area contributed by atoms with Crippen LogP contribution >= 0.6 is 11.8 Å². The fourth-order valence-electron chi connectivity index (χ4n) is 1.79. The number of fused-ring (bicyclic) bond motifs is 1. The van der Waals surface area contributed by atoms with Gasteiger partial charge in [-0.2, -0.15) is 26.3 Å². The van der Waals surface area contributed by atoms with Crippen LogP contribution in [-0.2, 0) is 10.4 Å². The highest BCUT2D eigenvalue weighted by atomic mass is 32.2. The fourth-order valence-corrected chi connectivity index (χ4v) is 2.63. The Hall–Kier alpha value is -1.42. The fraction of sp³-hybridized carbons (Fsp3) is 0.364. The van der Waals surface area contributed by atoms with E-state index in [1.165, 1.54) is 0 Å². The highest BCUT2D eigenvalue weighted by molar-refractivity contribution is 8.00. The van der Waals surface area contributed by atoms with E-state index in [-0.39, 0.29) is 16.3 Å². The molecule has 0 spiro atoms. The first-order valence-corrected chi connectivity index (χ1v) is 6.38. The lowest BCUT2D eigenvalue weighted by Gasteiger charge is -2.33. The summed E-state index contributed by atoms with van der Waals surface area (Å²) in [4.78, 5) is 11.1. The predicted molar refractivity (Wildman–Crippen MR) is 61.8 cm³/mol. The van der Waals surface area contributed by atoms with Crippen LogP contribution in [0.5, 0.6) is 0 Å². The maximum atomic E-state index is 12.7. The van der Waals surface area contributed by atoms with Crippen molar-refractivity contribution in [2.75, 3.05) is 11.1 Å². The van der Waals surface area contributed by atoms with Crippen LogP contribution in [0.3, 0.4) is 0 Å². The van der Waals surface area contributed by atoms with Crippen molar-refractivity contribution >= 4 is 23.4 Å². The molecular weight excluding hydrogens is 324 g/mol. The molecule has 1 aliphatic heterocycles. The summed E-state index contributed by atoms with van der Waals surface area (Å²) >= 11 is 0.790. The SMILES string of the molecule is O=C1CSc2cc(C(O)(C(F)(F)F)C(F)(F)F)ccc2N1. The van der Waals surface area contributed by atoms with Crippen molar-refractivity contribution in [2.45, 2.75) is 22.8 Å². The molecule has 0 unspecified atom stereocenters. The number of thioether (sulfide) groups is 1. The number of carbonyl (C=O) groups excluding carboxylic acids is 1. The molecule has 0 fully saturated rings. The summed E-state index contributed by atoms with van der Waals surface area (Å²) in [5.41, 5.74) is -6.20. The molecule has 2 rings (SSSR count). The number of nitrogens with one attached hydrogen (secondary N) is 1. The van der Waals surface area contributed by atoms with Crippen LogP contribution in [0, 0.1) is 0 Å². The standard InChI is InChI=1S/C11H7F6NO2S/c12-10(13,14)9(20,11(15,16)17)5-1-2-6-7(3-5)21-4-8(19)18-6/h1-3,20H,4H2,(H,18,19). The summed E-state index contributed by atoms with van der Waals surface area (Å²) in [5.74, 6) is -0.547. The van der Waals surface area contributed by atoms with Gasteiger partial charge >= 0.3 is 12.4 Å². The number of alkyl halides is 6. The number of hydrogen-bond acceptors (Lipinski definition) is 3. The maximum Gasteiger partial charge on any atom is 0.430 e. The van der Waals surface area contributed by atoms with Crippen molar-refractivity contribution in [1.82, 2.24) is 0 Å². The lowest BCUT2D eigenvalue weighted by molar-refractivity contribution is -0.376. The van der Waals surface area contributed by atoms with E-state index in [4.69, 9.17) is 0 Å². The second-order valence-corrected chi connectivity index (χ2v) is 5.27. The van der Waals surface area contributed by atoms with Gasteiger partial charge in [-0.3, -0.25) is 4.79 Å². The third-order valence-electron chi connectivity index (χ3n) is 2.85. The van der Waals surface area contributed by atoms with E-state index in [9.17, 15) is 36.2 Å². The normalized spacial score (nSPS) is 16.4. The average molecular weight is 331 g/mol. The van der Waals surface area contributed by atoms with Gasteiger partial charge in [-0.15, -0.1) is 11.8 Å². The predicted octanol–water partition coefficient (Wildman–Crippen LogP) is 3.04. The zero-order chi connectivity index (χ0) is 16.1. The van der Waals surface area contributed by atoms with Crippen molar-refractivity contribution in [3.63, 3.8) is 0 Å². The summed E-state index contributed by atoms with van der Waals surface area (Å²) < 4.78 is 76.4. The van der Waals surface area contributed by atoms with Crippen LogP contribution < -0.4 is 5.32 Å². The number of halogens is 6. The summed E-state index contributed by atoms with van der Waals surface area (Å²) in [5, 5.41) is 11.6. The Morgan fingerprint density at radius 3 is 2.19 bits per heavy atom. The van der Waals surface area contributed by atoms with Crippen LogP contribution in [0.1, 0.15) is 5.56 Å². The minimum atomic E-state index is -5.93. The van der Waals surface area contributed by atoms with Gasteiger partial charge in [0.25, 0.3) is 5.60 Å². The minimum absolute atomic E-state index is 0.0269. The lowest BCUT2D eigenvalue weighted by Crippen LogP contribution is -2.53. The topological polar surface area (TPSA) is 49.3 Å². The summed E-state index contributed by atoms with van der Waals surface area (Å²) in [6.07, 6.45) is -11.9. The van der Waals surface area contributed by atoms with Gasteiger partial charge in [0.05, 0.1) is 11.4 Å². The molecule has 0 atom stereocenters. The Morgan fingerprint density at radius 1 is 1.10 bits per heavy atom. The molecule has 2 N–H and O–H groups in total. The molecule has 0 saturated carbocycles. The summed E-state index contributed by atoms with van der Waals surface area (Å²) in [7, 11) is 0. The lowest BCUT2D eigenvalue weighted by atomic mass is 9.92. The quantitative estimate of drug-likeness (QED) is 0.778. The van der Waals surface area contributed by atoms with Crippen LogP contribution in [-0.4, -0.2) is 29.1 Å². The molecule has 0 bridgehead atoms. The second kappa shape index (κ2) is 4.80. The first-order chi connectivity index (χ1) is 9.47. The van der Waals surface area contributed by atoms with Crippen LogP contribution in [0.25, 0.3) is 0 Å². The number of aliphatic hydroxyl groups is 1. The first-order valence-electron chi connectivity index (χ1n) is 5.40. The molecule has 21 heavy (non-hydrogen) atoms. The Balaban J connectivity index is 2.56. The monoisotopic (exact) mass is 331 g/mol. The Morgan fingerprint density at radius 2 is 1.67 bits per heavy atom. The molecule has 0 radical (unpaired) electrons. The van der Waals surface area contributed by atoms with E-state index in [0.29, 0.717) is 12.1 Å². The number of anilines is 1. The Bertz CT molecular complexity index is 569. The molecular formula is C11H7F6NO2S. The summed E-state index contributed by atoms with van der Waals surface area (Å²) in [6.45, 7) is 0. The highest BCUT2D eigenvalue weighted by Gasteiger charge is 2.71. The van der Waals surface area contributed by atoms with E-state index in [1.54, 1.807) is 0 Å². The highest BCUT2D eigenvalue weighted by Crippen LogP contribution is 2.51. The molecule has 0 saturated heterocycles. The molecule has 1 aromatic carbocycles. The van der Waals surface area contributed by atoms with E-state index in [0.717, 1.165) is 17.8 Å². The van der Waals surface area contributed by atoms with Gasteiger partial charge < -0.3 is 10.4 Å². The molecule has 0 aliphatic carbocycles. The van der Waals surface area contributed by atoms with Crippen LogP contribution in [0.4, 0.5) is 32.0 Å². The Labute approximate surface area is 118 Å². The van der Waals surface area contributed by atoms with Gasteiger partial charge in [0.2, 0.25) is 5.91 Å². The smallest absolute Gasteiger partial charge is 0.369 e. The van der Waals surface area contributed by atoms with E-state index >= 15 is 0 Å². The number of amides is 1. The van der Waals surface area contributed by atoms with Gasteiger partial charge in [-0.1, -0.05) is 6.07 Å². The number of rotatable bonds is 1. The molecule has 3 nitrogen and oxygen atoms in total. The van der Waals surface area contributed by atoms with Crippen molar-refractivity contribution in [2.24, 2.45) is 0 Å². The number of hydrogen-bond donors (Lipinski definition) is 2. The zero-order valence-electron chi connectivity index (χ0n) is 9.97. The molecule has 1 aromatic rings. The minimum Gasteiger partial charge on any atom is -0.369 e. The number of benzene rings is 1. The zero-order valence-corrected chi connectivity index (χ0v) is 10.8. The maximum absolute atomic E-state index is 12.7. The number of carbonyl (C=O) groups is 1. The molecule has 1 aliphatic rings. The molecule has 0 aromatic heterocycles.